The molecular formula is C7H6BrClN2O3S. The van der Waals surface area contributed by atoms with Crippen molar-refractivity contribution in [3.63, 3.8) is 0 Å². The zero-order valence-corrected chi connectivity index (χ0v) is 10.4. The van der Waals surface area contributed by atoms with E-state index in [1.54, 1.807) is 0 Å². The Morgan fingerprint density at radius 1 is 1.40 bits per heavy atom. The predicted octanol–water partition coefficient (Wildman–Crippen LogP) is 0.849. The molecule has 0 aromatic heterocycles. The topological polar surface area (TPSA) is 103 Å². The second-order valence-corrected chi connectivity index (χ2v) is 5.50. The van der Waals surface area contributed by atoms with Gasteiger partial charge >= 0.3 is 0 Å². The van der Waals surface area contributed by atoms with E-state index in [-0.39, 0.29) is 15.5 Å². The molecule has 0 atom stereocenters. The van der Waals surface area contributed by atoms with Crippen LogP contribution in [0.2, 0.25) is 5.02 Å². The number of benzene rings is 1. The summed E-state index contributed by atoms with van der Waals surface area (Å²) >= 11 is 8.70. The lowest BCUT2D eigenvalue weighted by atomic mass is 10.2. The highest BCUT2D eigenvalue weighted by atomic mass is 79.9. The first-order valence-electron chi connectivity index (χ1n) is 3.55. The minimum atomic E-state index is -3.98. The molecule has 0 unspecified atom stereocenters. The molecule has 82 valence electrons. The molecule has 0 aliphatic heterocycles. The molecule has 0 aliphatic carbocycles. The van der Waals surface area contributed by atoms with Crippen LogP contribution >= 0.6 is 27.5 Å². The smallest absolute Gasteiger partial charge is 0.250 e. The van der Waals surface area contributed by atoms with Crippen LogP contribution in [0.4, 0.5) is 0 Å². The summed E-state index contributed by atoms with van der Waals surface area (Å²) in [7, 11) is -3.98. The van der Waals surface area contributed by atoms with Gasteiger partial charge in [0.05, 0.1) is 10.6 Å². The molecule has 15 heavy (non-hydrogen) atoms. The minimum Gasteiger partial charge on any atom is -0.366 e. The first kappa shape index (κ1) is 12.4. The zero-order chi connectivity index (χ0) is 11.8. The maximum atomic E-state index is 11.1. The summed E-state index contributed by atoms with van der Waals surface area (Å²) in [5.74, 6) is -0.828. The first-order valence-corrected chi connectivity index (χ1v) is 6.27. The van der Waals surface area contributed by atoms with Gasteiger partial charge in [0.15, 0.2) is 0 Å². The van der Waals surface area contributed by atoms with Crippen molar-refractivity contribution in [1.82, 2.24) is 0 Å². The number of hydrogen-bond donors (Lipinski definition) is 2. The Kier molecular flexibility index (Phi) is 3.39. The van der Waals surface area contributed by atoms with Gasteiger partial charge in [-0.05, 0) is 12.1 Å². The number of amides is 1. The van der Waals surface area contributed by atoms with Crippen LogP contribution < -0.4 is 10.9 Å². The van der Waals surface area contributed by atoms with Gasteiger partial charge < -0.3 is 5.73 Å². The number of carbonyl (C=O) groups is 1. The number of primary sulfonamides is 1. The molecule has 1 amide bonds. The van der Waals surface area contributed by atoms with Crippen molar-refractivity contribution >= 4 is 43.5 Å². The minimum absolute atomic E-state index is 0.102. The summed E-state index contributed by atoms with van der Waals surface area (Å²) in [5, 5.41) is 4.64. The molecule has 0 bridgehead atoms. The van der Waals surface area contributed by atoms with Gasteiger partial charge in [-0.1, -0.05) is 27.5 Å². The molecule has 1 rings (SSSR count). The van der Waals surface area contributed by atoms with Crippen molar-refractivity contribution in [3.8, 4) is 0 Å². The molecule has 0 heterocycles. The molecule has 0 spiro atoms. The van der Waals surface area contributed by atoms with Crippen LogP contribution in [0, 0.1) is 0 Å². The molecule has 0 saturated heterocycles. The number of carbonyl (C=O) groups excluding carboxylic acids is 1. The largest absolute Gasteiger partial charge is 0.366 e. The molecule has 0 saturated carbocycles. The van der Waals surface area contributed by atoms with E-state index < -0.39 is 15.9 Å². The van der Waals surface area contributed by atoms with Crippen molar-refractivity contribution < 1.29 is 13.2 Å². The second kappa shape index (κ2) is 4.09. The molecule has 1 aromatic carbocycles. The average molecular weight is 314 g/mol. The van der Waals surface area contributed by atoms with Gasteiger partial charge in [-0.25, -0.2) is 13.6 Å². The van der Waals surface area contributed by atoms with E-state index in [4.69, 9.17) is 22.5 Å². The molecule has 0 aliphatic rings. The maximum Gasteiger partial charge on any atom is 0.250 e. The number of halogens is 2. The standard InChI is InChI=1S/C7H6BrClN2O3S/c8-3-1-4(7(10)12)6(9)5(2-3)15(11,13)14/h1-2H,(H2,10,12)(H2,11,13,14). The van der Waals surface area contributed by atoms with Gasteiger partial charge in [0.1, 0.15) is 4.90 Å². The molecular weight excluding hydrogens is 308 g/mol. The molecule has 5 nitrogen and oxygen atoms in total. The Bertz CT molecular complexity index is 529. The lowest BCUT2D eigenvalue weighted by molar-refractivity contribution is 0.1000. The lowest BCUT2D eigenvalue weighted by Crippen LogP contribution is -2.17. The van der Waals surface area contributed by atoms with E-state index in [9.17, 15) is 13.2 Å². The summed E-state index contributed by atoms with van der Waals surface area (Å²) in [6.07, 6.45) is 0. The summed E-state index contributed by atoms with van der Waals surface area (Å²) < 4.78 is 22.6. The van der Waals surface area contributed by atoms with Crippen LogP contribution in [0.15, 0.2) is 21.5 Å². The van der Waals surface area contributed by atoms with E-state index in [1.807, 2.05) is 0 Å². The van der Waals surface area contributed by atoms with E-state index in [1.165, 1.54) is 12.1 Å². The zero-order valence-electron chi connectivity index (χ0n) is 7.20. The van der Waals surface area contributed by atoms with E-state index in [2.05, 4.69) is 15.9 Å². The summed E-state index contributed by atoms with van der Waals surface area (Å²) in [6.45, 7) is 0. The van der Waals surface area contributed by atoms with Crippen LogP contribution in [-0.4, -0.2) is 14.3 Å². The van der Waals surface area contributed by atoms with Gasteiger partial charge in [-0.3, -0.25) is 4.79 Å². The van der Waals surface area contributed by atoms with Crippen LogP contribution in [0.1, 0.15) is 10.4 Å². The number of primary amides is 1. The summed E-state index contributed by atoms with van der Waals surface area (Å²) in [5.41, 5.74) is 4.91. The van der Waals surface area contributed by atoms with Gasteiger partial charge in [0, 0.05) is 4.47 Å². The molecule has 8 heteroatoms. The van der Waals surface area contributed by atoms with Crippen LogP contribution in [-0.2, 0) is 10.0 Å². The van der Waals surface area contributed by atoms with Crippen molar-refractivity contribution in [2.24, 2.45) is 10.9 Å². The average Bonchev–Trinajstić information content (AvgIpc) is 2.06. The Morgan fingerprint density at radius 3 is 2.33 bits per heavy atom. The lowest BCUT2D eigenvalue weighted by Gasteiger charge is -2.06. The highest BCUT2D eigenvalue weighted by Crippen LogP contribution is 2.28. The normalized spacial score (nSPS) is 11.4. The highest BCUT2D eigenvalue weighted by Gasteiger charge is 2.19. The number of rotatable bonds is 2. The van der Waals surface area contributed by atoms with Crippen molar-refractivity contribution in [2.75, 3.05) is 0 Å². The summed E-state index contributed by atoms with van der Waals surface area (Å²) in [4.78, 5) is 10.6. The molecule has 0 fully saturated rings. The first-order chi connectivity index (χ1) is 6.73. The quantitative estimate of drug-likeness (QED) is 0.845. The summed E-state index contributed by atoms with van der Waals surface area (Å²) in [6, 6.07) is 2.52. The predicted molar refractivity (Wildman–Crippen MR) is 59.0 cm³/mol. The maximum absolute atomic E-state index is 11.1. The Balaban J connectivity index is 3.63. The van der Waals surface area contributed by atoms with Gasteiger partial charge in [0.25, 0.3) is 0 Å². The Morgan fingerprint density at radius 2 is 1.93 bits per heavy atom. The van der Waals surface area contributed by atoms with Gasteiger partial charge in [0.2, 0.25) is 15.9 Å². The SMILES string of the molecule is NC(=O)c1cc(Br)cc(S(N)(=O)=O)c1Cl. The van der Waals surface area contributed by atoms with Crippen LogP contribution in [0.3, 0.4) is 0 Å². The fraction of sp³-hybridized carbons (Fsp3) is 0. The molecule has 1 aromatic rings. The fourth-order valence-corrected chi connectivity index (χ4v) is 2.74. The van der Waals surface area contributed by atoms with E-state index >= 15 is 0 Å². The number of nitrogens with two attached hydrogens (primary N) is 2. The van der Waals surface area contributed by atoms with E-state index in [0.29, 0.717) is 4.47 Å². The van der Waals surface area contributed by atoms with Crippen molar-refractivity contribution in [2.45, 2.75) is 4.90 Å². The third-order valence-electron chi connectivity index (χ3n) is 1.58. The van der Waals surface area contributed by atoms with Gasteiger partial charge in [-0.15, -0.1) is 0 Å². The third-order valence-corrected chi connectivity index (χ3v) is 3.49. The molecule has 0 radical (unpaired) electrons. The van der Waals surface area contributed by atoms with Crippen LogP contribution in [0.5, 0.6) is 0 Å². The second-order valence-electron chi connectivity index (χ2n) is 2.67. The third kappa shape index (κ3) is 2.69. The highest BCUT2D eigenvalue weighted by molar-refractivity contribution is 9.10. The van der Waals surface area contributed by atoms with Crippen molar-refractivity contribution in [1.29, 1.82) is 0 Å². The molecule has 4 N–H and O–H groups in total. The Labute approximate surface area is 99.6 Å². The monoisotopic (exact) mass is 312 g/mol. The van der Waals surface area contributed by atoms with E-state index in [0.717, 1.165) is 0 Å². The van der Waals surface area contributed by atoms with Crippen molar-refractivity contribution in [3.05, 3.63) is 27.2 Å². The Hall–Kier alpha value is -0.630. The number of sulfonamides is 1. The van der Waals surface area contributed by atoms with Gasteiger partial charge in [-0.2, -0.15) is 0 Å². The fourth-order valence-electron chi connectivity index (χ4n) is 0.951. The number of hydrogen-bond acceptors (Lipinski definition) is 3. The van der Waals surface area contributed by atoms with Crippen LogP contribution in [0.25, 0.3) is 0 Å².